The van der Waals surface area contributed by atoms with E-state index in [1.54, 1.807) is 7.11 Å². The zero-order valence-electron chi connectivity index (χ0n) is 13.2. The van der Waals surface area contributed by atoms with Crippen LogP contribution in [0, 0.1) is 6.92 Å². The lowest BCUT2D eigenvalue weighted by Gasteiger charge is -2.07. The number of methoxy groups -OCH3 is 1. The van der Waals surface area contributed by atoms with Gasteiger partial charge in [-0.1, -0.05) is 60.2 Å². The molecule has 0 spiro atoms. The van der Waals surface area contributed by atoms with Crippen LogP contribution in [0.2, 0.25) is 0 Å². The Morgan fingerprint density at radius 2 is 1.48 bits per heavy atom. The molecule has 0 radical (unpaired) electrons. The Hall–Kier alpha value is -2.87. The normalized spacial score (nSPS) is 10.3. The predicted molar refractivity (Wildman–Crippen MR) is 93.0 cm³/mol. The first-order valence-electron chi connectivity index (χ1n) is 7.53. The van der Waals surface area contributed by atoms with Gasteiger partial charge in [-0.15, -0.1) is 0 Å². The van der Waals surface area contributed by atoms with E-state index >= 15 is 0 Å². The molecule has 0 N–H and O–H groups in total. The number of rotatable bonds is 4. The number of aryl methyl sites for hydroxylation is 1. The summed E-state index contributed by atoms with van der Waals surface area (Å²) in [5, 5.41) is 0. The minimum Gasteiger partial charge on any atom is -0.497 e. The average Bonchev–Trinajstić information content (AvgIpc) is 2.62. The standard InChI is InChI=1S/C21H18O2/c1-15-6-8-17(9-7-15)21(22)19-5-3-4-18(14-19)16-10-12-20(23-2)13-11-16/h3-14H,1-2H3. The molecule has 3 aromatic rings. The summed E-state index contributed by atoms with van der Waals surface area (Å²) in [4.78, 5) is 12.6. The first kappa shape index (κ1) is 15.0. The van der Waals surface area contributed by atoms with E-state index in [2.05, 4.69) is 0 Å². The minimum absolute atomic E-state index is 0.0420. The third-order valence-electron chi connectivity index (χ3n) is 3.86. The van der Waals surface area contributed by atoms with Gasteiger partial charge >= 0.3 is 0 Å². The SMILES string of the molecule is COc1ccc(-c2cccc(C(=O)c3ccc(C)cc3)c2)cc1. The average molecular weight is 302 g/mol. The number of hydrogen-bond donors (Lipinski definition) is 0. The summed E-state index contributed by atoms with van der Waals surface area (Å²) in [6.45, 7) is 2.01. The lowest BCUT2D eigenvalue weighted by Crippen LogP contribution is -2.01. The van der Waals surface area contributed by atoms with E-state index in [1.807, 2.05) is 79.7 Å². The number of carbonyl (C=O) groups excluding carboxylic acids is 1. The van der Waals surface area contributed by atoms with Crippen LogP contribution in [0.4, 0.5) is 0 Å². The van der Waals surface area contributed by atoms with E-state index in [4.69, 9.17) is 4.74 Å². The molecule has 2 heteroatoms. The van der Waals surface area contributed by atoms with Crippen molar-refractivity contribution < 1.29 is 9.53 Å². The maximum atomic E-state index is 12.6. The van der Waals surface area contributed by atoms with E-state index in [0.717, 1.165) is 22.4 Å². The number of carbonyl (C=O) groups is 1. The summed E-state index contributed by atoms with van der Waals surface area (Å²) < 4.78 is 5.18. The maximum Gasteiger partial charge on any atom is 0.193 e. The van der Waals surface area contributed by atoms with E-state index in [-0.39, 0.29) is 5.78 Å². The van der Waals surface area contributed by atoms with Crippen molar-refractivity contribution in [1.82, 2.24) is 0 Å². The van der Waals surface area contributed by atoms with Gasteiger partial charge in [-0.2, -0.15) is 0 Å². The quantitative estimate of drug-likeness (QED) is 0.641. The summed E-state index contributed by atoms with van der Waals surface area (Å²) >= 11 is 0. The second-order valence-corrected chi connectivity index (χ2v) is 5.50. The van der Waals surface area contributed by atoms with Gasteiger partial charge in [0.05, 0.1) is 7.11 Å². The van der Waals surface area contributed by atoms with Crippen LogP contribution < -0.4 is 4.74 Å². The van der Waals surface area contributed by atoms with Gasteiger partial charge in [-0.05, 0) is 36.2 Å². The molecule has 0 aliphatic carbocycles. The van der Waals surface area contributed by atoms with Crippen molar-refractivity contribution in [3.05, 3.63) is 89.5 Å². The van der Waals surface area contributed by atoms with Gasteiger partial charge in [0.25, 0.3) is 0 Å². The highest BCUT2D eigenvalue weighted by atomic mass is 16.5. The predicted octanol–water partition coefficient (Wildman–Crippen LogP) is 4.90. The Labute approximate surface area is 136 Å². The first-order chi connectivity index (χ1) is 11.2. The van der Waals surface area contributed by atoms with Crippen LogP contribution in [0.5, 0.6) is 5.75 Å². The highest BCUT2D eigenvalue weighted by Gasteiger charge is 2.10. The monoisotopic (exact) mass is 302 g/mol. The highest BCUT2D eigenvalue weighted by Crippen LogP contribution is 2.24. The van der Waals surface area contributed by atoms with E-state index in [9.17, 15) is 4.79 Å². The number of ketones is 1. The van der Waals surface area contributed by atoms with Crippen molar-refractivity contribution in [2.24, 2.45) is 0 Å². The molecule has 0 heterocycles. The van der Waals surface area contributed by atoms with E-state index in [0.29, 0.717) is 11.1 Å². The Kier molecular flexibility index (Phi) is 4.24. The third kappa shape index (κ3) is 3.32. The largest absolute Gasteiger partial charge is 0.497 e. The zero-order valence-corrected chi connectivity index (χ0v) is 13.2. The van der Waals surface area contributed by atoms with Crippen LogP contribution in [0.15, 0.2) is 72.8 Å². The van der Waals surface area contributed by atoms with Crippen molar-refractivity contribution in [2.75, 3.05) is 7.11 Å². The molecule has 0 fully saturated rings. The molecule has 0 unspecified atom stereocenters. The van der Waals surface area contributed by atoms with Crippen LogP contribution in [-0.4, -0.2) is 12.9 Å². The molecule has 0 atom stereocenters. The lowest BCUT2D eigenvalue weighted by molar-refractivity contribution is 0.103. The summed E-state index contributed by atoms with van der Waals surface area (Å²) in [7, 11) is 1.65. The summed E-state index contributed by atoms with van der Waals surface area (Å²) in [6.07, 6.45) is 0. The molecule has 3 rings (SSSR count). The molecule has 2 nitrogen and oxygen atoms in total. The van der Waals surface area contributed by atoms with Gasteiger partial charge in [-0.25, -0.2) is 0 Å². The third-order valence-corrected chi connectivity index (χ3v) is 3.86. The van der Waals surface area contributed by atoms with Gasteiger partial charge in [0.15, 0.2) is 5.78 Å². The molecule has 23 heavy (non-hydrogen) atoms. The second kappa shape index (κ2) is 6.49. The van der Waals surface area contributed by atoms with Crippen LogP contribution in [0.25, 0.3) is 11.1 Å². The van der Waals surface area contributed by atoms with Crippen molar-refractivity contribution in [3.63, 3.8) is 0 Å². The molecule has 0 aromatic heterocycles. The molecule has 0 aliphatic heterocycles. The smallest absolute Gasteiger partial charge is 0.193 e. The van der Waals surface area contributed by atoms with Crippen LogP contribution in [0.3, 0.4) is 0 Å². The van der Waals surface area contributed by atoms with Gasteiger partial charge < -0.3 is 4.74 Å². The molecule has 0 saturated heterocycles. The summed E-state index contributed by atoms with van der Waals surface area (Å²) in [5.74, 6) is 0.862. The van der Waals surface area contributed by atoms with Gasteiger partial charge in [0, 0.05) is 11.1 Å². The molecule has 0 aliphatic rings. The second-order valence-electron chi connectivity index (χ2n) is 5.50. The molecule has 0 saturated carbocycles. The number of hydrogen-bond acceptors (Lipinski definition) is 2. The van der Waals surface area contributed by atoms with Crippen molar-refractivity contribution in [3.8, 4) is 16.9 Å². The topological polar surface area (TPSA) is 26.3 Å². The van der Waals surface area contributed by atoms with Gasteiger partial charge in [0.2, 0.25) is 0 Å². The molecule has 3 aromatic carbocycles. The Morgan fingerprint density at radius 3 is 2.13 bits per heavy atom. The van der Waals surface area contributed by atoms with Crippen molar-refractivity contribution in [1.29, 1.82) is 0 Å². The molecular formula is C21H18O2. The minimum atomic E-state index is 0.0420. The fourth-order valence-corrected chi connectivity index (χ4v) is 2.50. The zero-order chi connectivity index (χ0) is 16.2. The van der Waals surface area contributed by atoms with Crippen LogP contribution >= 0.6 is 0 Å². The van der Waals surface area contributed by atoms with Crippen molar-refractivity contribution >= 4 is 5.78 Å². The summed E-state index contributed by atoms with van der Waals surface area (Å²) in [5.41, 5.74) is 4.63. The Balaban J connectivity index is 1.92. The highest BCUT2D eigenvalue weighted by molar-refractivity contribution is 6.09. The Morgan fingerprint density at radius 1 is 0.783 bits per heavy atom. The van der Waals surface area contributed by atoms with Crippen molar-refractivity contribution in [2.45, 2.75) is 6.92 Å². The van der Waals surface area contributed by atoms with E-state index < -0.39 is 0 Å². The fraction of sp³-hybridized carbons (Fsp3) is 0.0952. The van der Waals surface area contributed by atoms with Gasteiger partial charge in [0.1, 0.15) is 5.75 Å². The molecule has 114 valence electrons. The maximum absolute atomic E-state index is 12.6. The van der Waals surface area contributed by atoms with Gasteiger partial charge in [-0.3, -0.25) is 4.79 Å². The molecule has 0 amide bonds. The summed E-state index contributed by atoms with van der Waals surface area (Å²) in [6, 6.07) is 23.2. The van der Waals surface area contributed by atoms with E-state index in [1.165, 1.54) is 0 Å². The van der Waals surface area contributed by atoms with Crippen LogP contribution in [-0.2, 0) is 0 Å². The first-order valence-corrected chi connectivity index (χ1v) is 7.53. The lowest BCUT2D eigenvalue weighted by atomic mass is 9.98. The molecule has 0 bridgehead atoms. The Bertz CT molecular complexity index is 815. The molecular weight excluding hydrogens is 284 g/mol. The number of benzene rings is 3. The number of ether oxygens (including phenoxy) is 1. The van der Waals surface area contributed by atoms with Crippen LogP contribution in [0.1, 0.15) is 21.5 Å². The fourth-order valence-electron chi connectivity index (χ4n) is 2.50.